The molecular weight excluding hydrogens is 246 g/mol. The third-order valence-corrected chi connectivity index (χ3v) is 4.92. The second-order valence-corrected chi connectivity index (χ2v) is 7.03. The number of hydrogen-bond acceptors (Lipinski definition) is 2. The maximum absolute atomic E-state index is 11.7. The summed E-state index contributed by atoms with van der Waals surface area (Å²) in [6.45, 7) is 4.49. The highest BCUT2D eigenvalue weighted by molar-refractivity contribution is 7.91. The number of fused-ring (bicyclic) bond motifs is 1. The van der Waals surface area contributed by atoms with Crippen molar-refractivity contribution in [3.8, 4) is 0 Å². The van der Waals surface area contributed by atoms with E-state index in [9.17, 15) is 8.42 Å². The highest BCUT2D eigenvalue weighted by atomic mass is 32.2. The Morgan fingerprint density at radius 1 is 1.17 bits per heavy atom. The van der Waals surface area contributed by atoms with Gasteiger partial charge in [-0.05, 0) is 36.9 Å². The van der Waals surface area contributed by atoms with Gasteiger partial charge in [-0.15, -0.1) is 0 Å². The number of rotatable bonds is 5. The van der Waals surface area contributed by atoms with Crippen molar-refractivity contribution >= 4 is 20.7 Å². The fourth-order valence-corrected chi connectivity index (χ4v) is 3.47. The maximum atomic E-state index is 11.7. The summed E-state index contributed by atoms with van der Waals surface area (Å²) in [7, 11) is -2.91. The van der Waals surface area contributed by atoms with Crippen LogP contribution in [0.2, 0.25) is 0 Å². The maximum Gasteiger partial charge on any atom is 0.152 e. The van der Waals surface area contributed by atoms with Crippen LogP contribution in [0.3, 0.4) is 0 Å². The van der Waals surface area contributed by atoms with E-state index in [4.69, 9.17) is 0 Å². The number of nitrogens with zero attached hydrogens (tertiary/aromatic N) is 1. The molecule has 0 aliphatic heterocycles. The van der Waals surface area contributed by atoms with Gasteiger partial charge < -0.3 is 4.57 Å². The van der Waals surface area contributed by atoms with Crippen LogP contribution in [0.5, 0.6) is 0 Å². The van der Waals surface area contributed by atoms with E-state index < -0.39 is 9.84 Å². The third kappa shape index (κ3) is 2.93. The van der Waals surface area contributed by atoms with E-state index in [1.54, 1.807) is 0 Å². The molecule has 0 saturated heterocycles. The van der Waals surface area contributed by atoms with Crippen LogP contribution in [-0.4, -0.2) is 24.5 Å². The second-order valence-electron chi connectivity index (χ2n) is 4.72. The molecule has 0 saturated carbocycles. The molecule has 0 aliphatic rings. The van der Waals surface area contributed by atoms with Gasteiger partial charge in [-0.2, -0.15) is 0 Å². The molecule has 0 unspecified atom stereocenters. The molecule has 0 radical (unpaired) electrons. The van der Waals surface area contributed by atoms with Crippen LogP contribution in [-0.2, 0) is 16.4 Å². The summed E-state index contributed by atoms with van der Waals surface area (Å²) in [6, 6.07) is 8.26. The van der Waals surface area contributed by atoms with E-state index in [0.717, 1.165) is 5.52 Å². The van der Waals surface area contributed by atoms with Crippen LogP contribution in [0.4, 0.5) is 0 Å². The van der Waals surface area contributed by atoms with Crippen molar-refractivity contribution in [2.75, 3.05) is 11.5 Å². The average molecular weight is 265 g/mol. The Balaban J connectivity index is 2.18. The van der Waals surface area contributed by atoms with Gasteiger partial charge in [0.05, 0.1) is 5.75 Å². The monoisotopic (exact) mass is 265 g/mol. The van der Waals surface area contributed by atoms with E-state index in [1.807, 2.05) is 23.8 Å². The summed E-state index contributed by atoms with van der Waals surface area (Å²) < 4.78 is 25.4. The molecule has 0 amide bonds. The van der Waals surface area contributed by atoms with Crippen LogP contribution in [0.25, 0.3) is 10.9 Å². The predicted octanol–water partition coefficient (Wildman–Crippen LogP) is 2.77. The molecule has 0 fully saturated rings. The molecular formula is C14H19NO2S. The van der Waals surface area contributed by atoms with Crippen LogP contribution < -0.4 is 0 Å². The van der Waals surface area contributed by atoms with Crippen molar-refractivity contribution in [3.05, 3.63) is 36.0 Å². The first-order valence-corrected chi connectivity index (χ1v) is 8.10. The van der Waals surface area contributed by atoms with E-state index in [0.29, 0.717) is 13.0 Å². The van der Waals surface area contributed by atoms with Gasteiger partial charge in [0.25, 0.3) is 0 Å². The average Bonchev–Trinajstić information content (AvgIpc) is 2.68. The van der Waals surface area contributed by atoms with E-state index in [2.05, 4.69) is 25.1 Å². The van der Waals surface area contributed by atoms with E-state index >= 15 is 0 Å². The Hall–Kier alpha value is -1.29. The zero-order valence-corrected chi connectivity index (χ0v) is 11.7. The van der Waals surface area contributed by atoms with Gasteiger partial charge in [0.15, 0.2) is 9.84 Å². The Labute approximate surface area is 108 Å². The van der Waals surface area contributed by atoms with Crippen LogP contribution in [0, 0.1) is 6.92 Å². The molecule has 0 atom stereocenters. The van der Waals surface area contributed by atoms with E-state index in [-0.39, 0.29) is 11.5 Å². The topological polar surface area (TPSA) is 39.1 Å². The fourth-order valence-electron chi connectivity index (χ4n) is 2.17. The van der Waals surface area contributed by atoms with Crippen molar-refractivity contribution in [2.45, 2.75) is 26.8 Å². The molecule has 0 bridgehead atoms. The van der Waals surface area contributed by atoms with Crippen molar-refractivity contribution in [3.63, 3.8) is 0 Å². The molecule has 0 aliphatic carbocycles. The Morgan fingerprint density at radius 3 is 2.67 bits per heavy atom. The zero-order chi connectivity index (χ0) is 13.2. The predicted molar refractivity (Wildman–Crippen MR) is 75.6 cm³/mol. The SMILES string of the molecule is CCCS(=O)(=O)CCn1ccc2cc(C)ccc21. The summed E-state index contributed by atoms with van der Waals surface area (Å²) in [4.78, 5) is 0. The van der Waals surface area contributed by atoms with Gasteiger partial charge >= 0.3 is 0 Å². The summed E-state index contributed by atoms with van der Waals surface area (Å²) in [5.74, 6) is 0.504. The van der Waals surface area contributed by atoms with Crippen molar-refractivity contribution < 1.29 is 8.42 Å². The van der Waals surface area contributed by atoms with Gasteiger partial charge in [0, 0.05) is 24.0 Å². The molecule has 1 aromatic carbocycles. The van der Waals surface area contributed by atoms with Gasteiger partial charge in [0.2, 0.25) is 0 Å². The fraction of sp³-hybridized carbons (Fsp3) is 0.429. The van der Waals surface area contributed by atoms with Gasteiger partial charge in [0.1, 0.15) is 0 Å². The van der Waals surface area contributed by atoms with Crippen LogP contribution in [0.15, 0.2) is 30.5 Å². The second kappa shape index (κ2) is 5.14. The Kier molecular flexibility index (Phi) is 3.76. The van der Waals surface area contributed by atoms with E-state index in [1.165, 1.54) is 10.9 Å². The summed E-state index contributed by atoms with van der Waals surface area (Å²) in [5.41, 5.74) is 2.33. The lowest BCUT2D eigenvalue weighted by Crippen LogP contribution is -2.15. The standard InChI is InChI=1S/C14H19NO2S/c1-3-9-18(16,17)10-8-15-7-6-13-11-12(2)4-5-14(13)15/h4-7,11H,3,8-10H2,1-2H3. The normalized spacial score (nSPS) is 12.1. The van der Waals surface area contributed by atoms with Gasteiger partial charge in [-0.25, -0.2) is 8.42 Å². The highest BCUT2D eigenvalue weighted by Crippen LogP contribution is 2.17. The van der Waals surface area contributed by atoms with Crippen LogP contribution >= 0.6 is 0 Å². The minimum atomic E-state index is -2.91. The molecule has 0 spiro atoms. The Bertz CT molecular complexity index is 641. The molecule has 1 aromatic heterocycles. The lowest BCUT2D eigenvalue weighted by atomic mass is 10.2. The third-order valence-electron chi connectivity index (χ3n) is 3.08. The first kappa shape index (κ1) is 13.1. The minimum absolute atomic E-state index is 0.221. The number of hydrogen-bond donors (Lipinski definition) is 0. The number of aromatic nitrogens is 1. The Morgan fingerprint density at radius 2 is 1.94 bits per heavy atom. The molecule has 98 valence electrons. The van der Waals surface area contributed by atoms with Gasteiger partial charge in [-0.1, -0.05) is 18.6 Å². The quantitative estimate of drug-likeness (QED) is 0.834. The summed E-state index contributed by atoms with van der Waals surface area (Å²) in [5, 5.41) is 1.17. The lowest BCUT2D eigenvalue weighted by Gasteiger charge is -2.06. The number of sulfone groups is 1. The molecule has 4 heteroatoms. The number of benzene rings is 1. The molecule has 3 nitrogen and oxygen atoms in total. The molecule has 1 heterocycles. The highest BCUT2D eigenvalue weighted by Gasteiger charge is 2.10. The first-order valence-electron chi connectivity index (χ1n) is 6.28. The zero-order valence-electron chi connectivity index (χ0n) is 10.9. The largest absolute Gasteiger partial charge is 0.346 e. The molecule has 2 aromatic rings. The van der Waals surface area contributed by atoms with Crippen molar-refractivity contribution in [1.82, 2.24) is 4.57 Å². The molecule has 0 N–H and O–H groups in total. The van der Waals surface area contributed by atoms with Crippen LogP contribution in [0.1, 0.15) is 18.9 Å². The summed E-state index contributed by atoms with van der Waals surface area (Å²) in [6.07, 6.45) is 2.65. The van der Waals surface area contributed by atoms with Crippen molar-refractivity contribution in [2.24, 2.45) is 0 Å². The minimum Gasteiger partial charge on any atom is -0.346 e. The van der Waals surface area contributed by atoms with Gasteiger partial charge in [-0.3, -0.25) is 0 Å². The smallest absolute Gasteiger partial charge is 0.152 e. The molecule has 18 heavy (non-hydrogen) atoms. The summed E-state index contributed by atoms with van der Waals surface area (Å²) >= 11 is 0. The lowest BCUT2D eigenvalue weighted by molar-refractivity contribution is 0.588. The van der Waals surface area contributed by atoms with Crippen molar-refractivity contribution in [1.29, 1.82) is 0 Å². The number of aryl methyl sites for hydroxylation is 2. The molecule has 2 rings (SSSR count). The first-order chi connectivity index (χ1) is 8.52.